The Balaban J connectivity index is 0.00000338. The summed E-state index contributed by atoms with van der Waals surface area (Å²) in [5.74, 6) is 1.33. The van der Waals surface area contributed by atoms with Gasteiger partial charge in [-0.25, -0.2) is 0 Å². The molecule has 0 spiro atoms. The number of pyridine rings is 1. The predicted molar refractivity (Wildman–Crippen MR) is 115 cm³/mol. The van der Waals surface area contributed by atoms with Crippen LogP contribution in [0.25, 0.3) is 0 Å². The van der Waals surface area contributed by atoms with Gasteiger partial charge >= 0.3 is 0 Å². The second-order valence-corrected chi connectivity index (χ2v) is 7.15. The van der Waals surface area contributed by atoms with Crippen molar-refractivity contribution in [2.24, 2.45) is 11.7 Å². The molecule has 2 rings (SSSR count). The van der Waals surface area contributed by atoms with E-state index in [1.54, 1.807) is 42.7 Å². The first-order valence-electron chi connectivity index (χ1n) is 8.23. The summed E-state index contributed by atoms with van der Waals surface area (Å²) in [4.78, 5) is 16.5. The van der Waals surface area contributed by atoms with Crippen LogP contribution in [-0.2, 0) is 0 Å². The fraction of sp³-hybridized carbons (Fsp3) is 0.368. The van der Waals surface area contributed by atoms with E-state index in [1.807, 2.05) is 6.92 Å². The number of carbonyl (C=O) groups is 1. The average Bonchev–Trinajstić information content (AvgIpc) is 2.56. The molecule has 1 atom stereocenters. The number of hydrogen-bond acceptors (Lipinski definition) is 4. The van der Waals surface area contributed by atoms with E-state index in [0.29, 0.717) is 34.5 Å². The number of halogens is 3. The summed E-state index contributed by atoms with van der Waals surface area (Å²) in [6, 6.07) is 8.43. The van der Waals surface area contributed by atoms with Gasteiger partial charge in [-0.3, -0.25) is 9.78 Å². The van der Waals surface area contributed by atoms with Gasteiger partial charge in [0, 0.05) is 30.0 Å². The maximum absolute atomic E-state index is 12.5. The van der Waals surface area contributed by atoms with Crippen LogP contribution >= 0.6 is 36.4 Å². The number of aromatic nitrogens is 1. The topological polar surface area (TPSA) is 77.2 Å². The second kappa shape index (κ2) is 11.3. The van der Waals surface area contributed by atoms with E-state index in [2.05, 4.69) is 24.1 Å². The highest BCUT2D eigenvalue weighted by Crippen LogP contribution is 2.30. The molecular formula is C19H26Cl3N3O2. The highest BCUT2D eigenvalue weighted by atomic mass is 35.5. The molecule has 3 N–H and O–H groups in total. The number of rotatable bonds is 7. The number of nitrogens with one attached hydrogen (secondary N) is 1. The van der Waals surface area contributed by atoms with Gasteiger partial charge in [-0.2, -0.15) is 0 Å². The summed E-state index contributed by atoms with van der Waals surface area (Å²) >= 11 is 6.27. The van der Waals surface area contributed by atoms with E-state index >= 15 is 0 Å². The van der Waals surface area contributed by atoms with Crippen LogP contribution in [0.5, 0.6) is 11.5 Å². The third-order valence-corrected chi connectivity index (χ3v) is 4.09. The Kier molecular flexibility index (Phi) is 10.7. The third kappa shape index (κ3) is 7.54. The first-order valence-corrected chi connectivity index (χ1v) is 8.61. The van der Waals surface area contributed by atoms with Crippen molar-refractivity contribution in [2.75, 3.05) is 6.54 Å². The van der Waals surface area contributed by atoms with Gasteiger partial charge in [0.15, 0.2) is 0 Å². The monoisotopic (exact) mass is 433 g/mol. The summed E-state index contributed by atoms with van der Waals surface area (Å²) in [5.41, 5.74) is 5.87. The van der Waals surface area contributed by atoms with Crippen LogP contribution in [-0.4, -0.2) is 23.0 Å². The van der Waals surface area contributed by atoms with Crippen LogP contribution in [0.4, 0.5) is 0 Å². The quantitative estimate of drug-likeness (QED) is 0.652. The zero-order valence-corrected chi connectivity index (χ0v) is 18.0. The zero-order valence-electron chi connectivity index (χ0n) is 15.6. The van der Waals surface area contributed by atoms with Gasteiger partial charge in [0.2, 0.25) is 0 Å². The van der Waals surface area contributed by atoms with Crippen molar-refractivity contribution in [1.82, 2.24) is 10.3 Å². The van der Waals surface area contributed by atoms with E-state index in [0.717, 1.165) is 6.42 Å². The molecule has 0 fully saturated rings. The average molecular weight is 435 g/mol. The zero-order chi connectivity index (χ0) is 18.4. The van der Waals surface area contributed by atoms with Crippen LogP contribution in [0.15, 0.2) is 42.7 Å². The van der Waals surface area contributed by atoms with Crippen molar-refractivity contribution in [2.45, 2.75) is 32.7 Å². The third-order valence-electron chi connectivity index (χ3n) is 3.80. The molecule has 0 bridgehead atoms. The van der Waals surface area contributed by atoms with Crippen molar-refractivity contribution >= 4 is 42.3 Å². The Bertz CT molecular complexity index is 729. The SMILES string of the molecule is CC(C)CC(C)(CN)NC(=O)c1ccc(Oc2ccncc2)c(Cl)c1.Cl.Cl. The number of carbonyl (C=O) groups excluding carboxylic acids is 1. The molecule has 0 aliphatic rings. The lowest BCUT2D eigenvalue weighted by atomic mass is 9.90. The Hall–Kier alpha value is -1.53. The van der Waals surface area contributed by atoms with Crippen molar-refractivity contribution < 1.29 is 9.53 Å². The number of nitrogens with two attached hydrogens (primary N) is 1. The Morgan fingerprint density at radius 3 is 2.41 bits per heavy atom. The Labute approximate surface area is 177 Å². The van der Waals surface area contributed by atoms with Gasteiger partial charge in [0.1, 0.15) is 11.5 Å². The summed E-state index contributed by atoms with van der Waals surface area (Å²) < 4.78 is 5.69. The lowest BCUT2D eigenvalue weighted by Crippen LogP contribution is -2.52. The lowest BCUT2D eigenvalue weighted by molar-refractivity contribution is 0.0898. The van der Waals surface area contributed by atoms with Gasteiger partial charge in [0.25, 0.3) is 5.91 Å². The molecule has 27 heavy (non-hydrogen) atoms. The number of ether oxygens (including phenoxy) is 1. The number of benzene rings is 1. The summed E-state index contributed by atoms with van der Waals surface area (Å²) in [6.45, 7) is 6.52. The molecule has 1 heterocycles. The molecule has 1 amide bonds. The normalized spacial score (nSPS) is 12.4. The molecule has 2 aromatic rings. The molecule has 1 aromatic heterocycles. The molecule has 0 aliphatic carbocycles. The van der Waals surface area contributed by atoms with Crippen molar-refractivity contribution in [3.8, 4) is 11.5 Å². The Morgan fingerprint density at radius 2 is 1.89 bits per heavy atom. The minimum atomic E-state index is -0.454. The number of nitrogens with zero attached hydrogens (tertiary/aromatic N) is 1. The van der Waals surface area contributed by atoms with Crippen LogP contribution in [0.1, 0.15) is 37.6 Å². The molecule has 1 unspecified atom stereocenters. The molecule has 0 radical (unpaired) electrons. The van der Waals surface area contributed by atoms with Crippen LogP contribution in [0, 0.1) is 5.92 Å². The maximum Gasteiger partial charge on any atom is 0.251 e. The summed E-state index contributed by atoms with van der Waals surface area (Å²) in [7, 11) is 0. The summed E-state index contributed by atoms with van der Waals surface area (Å²) in [6.07, 6.45) is 4.06. The first-order chi connectivity index (χ1) is 11.8. The fourth-order valence-electron chi connectivity index (χ4n) is 2.69. The first kappa shape index (κ1) is 25.5. The molecule has 0 saturated carbocycles. The minimum Gasteiger partial charge on any atom is -0.456 e. The van der Waals surface area contributed by atoms with Gasteiger partial charge < -0.3 is 15.8 Å². The molecule has 150 valence electrons. The van der Waals surface area contributed by atoms with E-state index in [4.69, 9.17) is 22.1 Å². The lowest BCUT2D eigenvalue weighted by Gasteiger charge is -2.31. The molecule has 8 heteroatoms. The Morgan fingerprint density at radius 1 is 1.26 bits per heavy atom. The fourth-order valence-corrected chi connectivity index (χ4v) is 2.91. The van der Waals surface area contributed by atoms with E-state index < -0.39 is 5.54 Å². The highest BCUT2D eigenvalue weighted by Gasteiger charge is 2.26. The molecule has 1 aromatic carbocycles. The molecule has 0 saturated heterocycles. The molecule has 5 nitrogen and oxygen atoms in total. The van der Waals surface area contributed by atoms with Crippen molar-refractivity contribution in [3.05, 3.63) is 53.3 Å². The second-order valence-electron chi connectivity index (χ2n) is 6.75. The highest BCUT2D eigenvalue weighted by molar-refractivity contribution is 6.32. The standard InChI is InChI=1S/C19H24ClN3O2.2ClH/c1-13(2)11-19(3,12-21)23-18(24)14-4-5-17(16(20)10-14)25-15-6-8-22-9-7-15;;/h4-10,13H,11-12,21H2,1-3H3,(H,23,24);2*1H. The molecule has 0 aliphatic heterocycles. The van der Waals surface area contributed by atoms with Crippen LogP contribution in [0.3, 0.4) is 0 Å². The van der Waals surface area contributed by atoms with Gasteiger partial charge in [-0.15, -0.1) is 24.8 Å². The van der Waals surface area contributed by atoms with Gasteiger partial charge in [-0.05, 0) is 49.6 Å². The van der Waals surface area contributed by atoms with E-state index in [1.165, 1.54) is 0 Å². The van der Waals surface area contributed by atoms with Gasteiger partial charge in [0.05, 0.1) is 5.02 Å². The smallest absolute Gasteiger partial charge is 0.251 e. The summed E-state index contributed by atoms with van der Waals surface area (Å²) in [5, 5.41) is 3.38. The van der Waals surface area contributed by atoms with E-state index in [9.17, 15) is 4.79 Å². The largest absolute Gasteiger partial charge is 0.456 e. The van der Waals surface area contributed by atoms with Crippen LogP contribution in [0.2, 0.25) is 5.02 Å². The van der Waals surface area contributed by atoms with E-state index in [-0.39, 0.29) is 30.7 Å². The van der Waals surface area contributed by atoms with Crippen molar-refractivity contribution in [3.63, 3.8) is 0 Å². The van der Waals surface area contributed by atoms with Crippen LogP contribution < -0.4 is 15.8 Å². The molecular weight excluding hydrogens is 409 g/mol. The number of amides is 1. The van der Waals surface area contributed by atoms with Crippen molar-refractivity contribution in [1.29, 1.82) is 0 Å². The number of hydrogen-bond donors (Lipinski definition) is 2. The maximum atomic E-state index is 12.5. The van der Waals surface area contributed by atoms with Gasteiger partial charge in [-0.1, -0.05) is 25.4 Å². The predicted octanol–water partition coefficient (Wildman–Crippen LogP) is 4.86. The minimum absolute atomic E-state index is 0.